The van der Waals surface area contributed by atoms with Gasteiger partial charge in [0.1, 0.15) is 11.4 Å². The molecule has 1 unspecified atom stereocenters. The predicted octanol–water partition coefficient (Wildman–Crippen LogP) is 5.21. The number of hydrogen-bond donors (Lipinski definition) is 3. The third-order valence-electron chi connectivity index (χ3n) is 7.60. The third kappa shape index (κ3) is 5.40. The van der Waals surface area contributed by atoms with Crippen molar-refractivity contribution in [2.45, 2.75) is 26.2 Å². The first kappa shape index (κ1) is 26.5. The molecule has 2 aromatic heterocycles. The lowest BCUT2D eigenvalue weighted by molar-refractivity contribution is 0.0652. The molecule has 0 bridgehead atoms. The van der Waals surface area contributed by atoms with Crippen molar-refractivity contribution in [3.05, 3.63) is 65.7 Å². The number of piperidine rings is 1. The van der Waals surface area contributed by atoms with Gasteiger partial charge in [0.25, 0.3) is 5.91 Å². The zero-order chi connectivity index (χ0) is 27.5. The van der Waals surface area contributed by atoms with Gasteiger partial charge in [-0.1, -0.05) is 19.1 Å². The molecule has 1 aromatic carbocycles. The van der Waals surface area contributed by atoms with Crippen molar-refractivity contribution >= 4 is 34.3 Å². The highest BCUT2D eigenvalue weighted by Crippen LogP contribution is 2.36. The monoisotopic (exact) mass is 530 g/mol. The maximum atomic E-state index is 13.6. The first-order valence-corrected chi connectivity index (χ1v) is 13.2. The average molecular weight is 531 g/mol. The number of benzene rings is 1. The molecule has 2 amide bonds. The van der Waals surface area contributed by atoms with E-state index in [0.717, 1.165) is 58.3 Å². The molecule has 1 saturated heterocycles. The molecular formula is C30H34N4O5. The Kier molecular flexibility index (Phi) is 7.70. The van der Waals surface area contributed by atoms with E-state index >= 15 is 0 Å². The third-order valence-corrected chi connectivity index (χ3v) is 7.60. The number of anilines is 1. The average Bonchev–Trinajstić information content (AvgIpc) is 3.40. The first-order valence-electron chi connectivity index (χ1n) is 13.2. The summed E-state index contributed by atoms with van der Waals surface area (Å²) in [7, 11) is 2.97. The Morgan fingerprint density at radius 2 is 1.97 bits per heavy atom. The van der Waals surface area contributed by atoms with Crippen LogP contribution in [0.1, 0.15) is 42.1 Å². The summed E-state index contributed by atoms with van der Waals surface area (Å²) >= 11 is 0. The number of aromatic nitrogens is 2. The molecule has 39 heavy (non-hydrogen) atoms. The van der Waals surface area contributed by atoms with Crippen LogP contribution in [0, 0.1) is 11.8 Å². The lowest BCUT2D eigenvalue weighted by Crippen LogP contribution is -2.39. The molecule has 204 valence electrons. The number of nitrogens with zero attached hydrogens (tertiary/aromatic N) is 2. The molecule has 0 radical (unpaired) electrons. The number of aromatic amines is 1. The Hall–Kier alpha value is -4.11. The summed E-state index contributed by atoms with van der Waals surface area (Å²) in [5.41, 5.74) is 5.20. The van der Waals surface area contributed by atoms with Crippen LogP contribution in [0.15, 0.2) is 54.6 Å². The summed E-state index contributed by atoms with van der Waals surface area (Å²) in [6.45, 7) is 3.40. The fraction of sp³-hybridized carbons (Fsp3) is 0.367. The molecule has 0 saturated carbocycles. The van der Waals surface area contributed by atoms with Crippen LogP contribution >= 0.6 is 0 Å². The Balaban J connectivity index is 1.53. The van der Waals surface area contributed by atoms with E-state index in [-0.39, 0.29) is 18.4 Å². The zero-order valence-corrected chi connectivity index (χ0v) is 22.5. The number of carbonyl (C=O) groups excluding carboxylic acids is 2. The van der Waals surface area contributed by atoms with Gasteiger partial charge in [0.2, 0.25) is 0 Å². The first-order chi connectivity index (χ1) is 18.9. The number of hydrogen-bond acceptors (Lipinski definition) is 6. The SMILES string of the molecule is COC(=O)Nc1ccc(-c2cnc3[nH]cc(C4=CC(C)CC=C4OC)c3c2)cc1C(=O)N1CCC(CO)CC1. The second-order valence-corrected chi connectivity index (χ2v) is 10.2. The van der Waals surface area contributed by atoms with Crippen LogP contribution in [0.2, 0.25) is 0 Å². The molecule has 1 aliphatic heterocycles. The summed E-state index contributed by atoms with van der Waals surface area (Å²) in [6, 6.07) is 7.44. The minimum Gasteiger partial charge on any atom is -0.496 e. The highest BCUT2D eigenvalue weighted by atomic mass is 16.5. The van der Waals surface area contributed by atoms with Crippen LogP contribution in [0.5, 0.6) is 0 Å². The highest BCUT2D eigenvalue weighted by molar-refractivity contribution is 6.04. The number of methoxy groups -OCH3 is 2. The van der Waals surface area contributed by atoms with Gasteiger partial charge in [0, 0.05) is 54.2 Å². The van der Waals surface area contributed by atoms with Gasteiger partial charge in [-0.25, -0.2) is 9.78 Å². The number of carbonyl (C=O) groups is 2. The number of H-pyrrole nitrogens is 1. The number of rotatable bonds is 6. The molecule has 3 N–H and O–H groups in total. The predicted molar refractivity (Wildman–Crippen MR) is 150 cm³/mol. The van der Waals surface area contributed by atoms with Crippen LogP contribution < -0.4 is 5.32 Å². The second kappa shape index (κ2) is 11.3. The highest BCUT2D eigenvalue weighted by Gasteiger charge is 2.26. The number of aliphatic hydroxyl groups is 1. The van der Waals surface area contributed by atoms with Crippen LogP contribution in [0.3, 0.4) is 0 Å². The largest absolute Gasteiger partial charge is 0.496 e. The molecule has 0 spiro atoms. The lowest BCUT2D eigenvalue weighted by atomic mass is 9.91. The number of likely N-dealkylation sites (tertiary alicyclic amines) is 1. The minimum absolute atomic E-state index is 0.126. The zero-order valence-electron chi connectivity index (χ0n) is 22.5. The summed E-state index contributed by atoms with van der Waals surface area (Å²) in [5, 5.41) is 13.1. The minimum atomic E-state index is -0.646. The molecule has 1 aliphatic carbocycles. The molecule has 5 rings (SSSR count). The van der Waals surface area contributed by atoms with E-state index in [1.807, 2.05) is 12.3 Å². The topological polar surface area (TPSA) is 117 Å². The Morgan fingerprint density at radius 3 is 2.69 bits per heavy atom. The molecule has 1 fully saturated rings. The summed E-state index contributed by atoms with van der Waals surface area (Å²) < 4.78 is 10.4. The summed E-state index contributed by atoms with van der Waals surface area (Å²) in [6.07, 6.45) is 9.83. The number of pyridine rings is 1. The van der Waals surface area contributed by atoms with Crippen molar-refractivity contribution in [3.63, 3.8) is 0 Å². The lowest BCUT2D eigenvalue weighted by Gasteiger charge is -2.31. The quantitative estimate of drug-likeness (QED) is 0.403. The van der Waals surface area contributed by atoms with Crippen molar-refractivity contribution in [1.82, 2.24) is 14.9 Å². The normalized spacial score (nSPS) is 17.9. The number of amides is 2. The van der Waals surface area contributed by atoms with Gasteiger partial charge in [-0.3, -0.25) is 10.1 Å². The number of aliphatic hydroxyl groups excluding tert-OH is 1. The van der Waals surface area contributed by atoms with E-state index in [4.69, 9.17) is 9.47 Å². The second-order valence-electron chi connectivity index (χ2n) is 10.2. The van der Waals surface area contributed by atoms with Gasteiger partial charge in [-0.05, 0) is 60.9 Å². The van der Waals surface area contributed by atoms with Crippen molar-refractivity contribution in [1.29, 1.82) is 0 Å². The van der Waals surface area contributed by atoms with Crippen molar-refractivity contribution in [2.24, 2.45) is 11.8 Å². The smallest absolute Gasteiger partial charge is 0.411 e. The Labute approximate surface area is 227 Å². The fourth-order valence-electron chi connectivity index (χ4n) is 5.30. The standard InChI is InChI=1S/C30H34N4O5/c1-18-4-7-27(38-2)22(12-18)25-16-32-28-23(25)14-21(15-31-28)20-5-6-26(33-30(37)39-3)24(13-20)29(36)34-10-8-19(17-35)9-11-34/h5-7,12-16,18-19,35H,4,8-11,17H2,1-3H3,(H,31,32)(H,33,37). The van der Waals surface area contributed by atoms with Crippen LogP contribution in [-0.4, -0.2) is 65.9 Å². The van der Waals surface area contributed by atoms with E-state index in [9.17, 15) is 14.7 Å². The number of allylic oxidation sites excluding steroid dienone is 3. The summed E-state index contributed by atoms with van der Waals surface area (Å²) in [5.74, 6) is 1.27. The van der Waals surface area contributed by atoms with Crippen molar-refractivity contribution in [3.8, 4) is 11.1 Å². The van der Waals surface area contributed by atoms with Gasteiger partial charge in [0.15, 0.2) is 0 Å². The summed E-state index contributed by atoms with van der Waals surface area (Å²) in [4.78, 5) is 35.3. The molecule has 9 nitrogen and oxygen atoms in total. The van der Waals surface area contributed by atoms with E-state index in [0.29, 0.717) is 30.3 Å². The Morgan fingerprint density at radius 1 is 1.18 bits per heavy atom. The van der Waals surface area contributed by atoms with Crippen molar-refractivity contribution < 1.29 is 24.2 Å². The number of nitrogens with one attached hydrogen (secondary N) is 2. The van der Waals surface area contributed by atoms with Gasteiger partial charge in [-0.15, -0.1) is 0 Å². The molecule has 1 atom stereocenters. The molecule has 3 aromatic rings. The number of fused-ring (bicyclic) bond motifs is 1. The van der Waals surface area contributed by atoms with E-state index in [2.05, 4.69) is 40.4 Å². The van der Waals surface area contributed by atoms with Crippen LogP contribution in [-0.2, 0) is 9.47 Å². The van der Waals surface area contributed by atoms with Gasteiger partial charge >= 0.3 is 6.09 Å². The fourth-order valence-corrected chi connectivity index (χ4v) is 5.30. The number of ether oxygens (including phenoxy) is 2. The molecule has 9 heteroatoms. The molecule has 3 heterocycles. The van der Waals surface area contributed by atoms with Crippen LogP contribution in [0.25, 0.3) is 27.7 Å². The van der Waals surface area contributed by atoms with Gasteiger partial charge in [0.05, 0.1) is 25.5 Å². The van der Waals surface area contributed by atoms with E-state index < -0.39 is 6.09 Å². The Bertz CT molecular complexity index is 1450. The van der Waals surface area contributed by atoms with Gasteiger partial charge < -0.3 is 24.5 Å². The van der Waals surface area contributed by atoms with Crippen LogP contribution in [0.4, 0.5) is 10.5 Å². The molecule has 2 aliphatic rings. The van der Waals surface area contributed by atoms with Gasteiger partial charge in [-0.2, -0.15) is 0 Å². The molecular weight excluding hydrogens is 496 g/mol. The van der Waals surface area contributed by atoms with E-state index in [1.165, 1.54) is 7.11 Å². The maximum absolute atomic E-state index is 13.6. The maximum Gasteiger partial charge on any atom is 0.411 e. The van der Waals surface area contributed by atoms with Crippen molar-refractivity contribution in [2.75, 3.05) is 39.2 Å². The van der Waals surface area contributed by atoms with E-state index in [1.54, 1.807) is 30.3 Å².